The number of rotatable bonds is 9. The van der Waals surface area contributed by atoms with E-state index in [9.17, 15) is 4.79 Å². The van der Waals surface area contributed by atoms with E-state index in [4.69, 9.17) is 9.47 Å². The Morgan fingerprint density at radius 3 is 2.75 bits per heavy atom. The minimum Gasteiger partial charge on any atom is -0.379 e. The van der Waals surface area contributed by atoms with Crippen LogP contribution in [0.5, 0.6) is 0 Å². The Hall–Kier alpha value is -1.92. The molecule has 3 rings (SSSR count). The van der Waals surface area contributed by atoms with E-state index in [0.717, 1.165) is 51.3 Å². The summed E-state index contributed by atoms with van der Waals surface area (Å²) in [7, 11) is 0. The van der Waals surface area contributed by atoms with Gasteiger partial charge in [-0.15, -0.1) is 0 Å². The maximum Gasteiger partial charge on any atom is 0.233 e. The van der Waals surface area contributed by atoms with E-state index in [-0.39, 0.29) is 11.8 Å². The number of nitrogens with zero attached hydrogens (tertiary/aromatic N) is 3. The van der Waals surface area contributed by atoms with Gasteiger partial charge in [0.2, 0.25) is 5.91 Å². The lowest BCUT2D eigenvalue weighted by molar-refractivity contribution is -0.134. The number of imidazole rings is 1. The second-order valence-electron chi connectivity index (χ2n) is 7.48. The molecule has 0 radical (unpaired) electrons. The van der Waals surface area contributed by atoms with Crippen molar-refractivity contribution in [2.75, 3.05) is 39.5 Å². The molecule has 1 amide bonds. The van der Waals surface area contributed by atoms with Crippen LogP contribution in [0.25, 0.3) is 0 Å². The largest absolute Gasteiger partial charge is 0.379 e. The van der Waals surface area contributed by atoms with Crippen LogP contribution in [0.1, 0.15) is 44.9 Å². The summed E-state index contributed by atoms with van der Waals surface area (Å²) in [6.45, 7) is 9.12. The zero-order valence-electron chi connectivity index (χ0n) is 17.2. The first-order valence-electron chi connectivity index (χ1n) is 10.5. The van der Waals surface area contributed by atoms with Crippen molar-refractivity contribution >= 4 is 5.91 Å². The van der Waals surface area contributed by atoms with E-state index >= 15 is 0 Å². The van der Waals surface area contributed by atoms with Crippen LogP contribution in [0.3, 0.4) is 0 Å². The minimum atomic E-state index is -0.0684. The summed E-state index contributed by atoms with van der Waals surface area (Å²) in [5, 5.41) is 0. The zero-order valence-corrected chi connectivity index (χ0v) is 17.2. The Morgan fingerprint density at radius 1 is 1.21 bits per heavy atom. The van der Waals surface area contributed by atoms with E-state index in [1.807, 2.05) is 24.2 Å². The molecule has 2 heterocycles. The number of likely N-dealkylation sites (tertiary alicyclic amines) is 1. The van der Waals surface area contributed by atoms with Gasteiger partial charge < -0.3 is 18.9 Å². The fourth-order valence-corrected chi connectivity index (χ4v) is 3.98. The van der Waals surface area contributed by atoms with Crippen LogP contribution in [0, 0.1) is 5.92 Å². The van der Waals surface area contributed by atoms with Gasteiger partial charge in [0.1, 0.15) is 5.82 Å². The SMILES string of the molecule is CCOCCOCCn1ccnc1C1CCN(C(=O)C2C=CCC=C2C)CC1. The van der Waals surface area contributed by atoms with Crippen molar-refractivity contribution in [3.05, 3.63) is 42.0 Å². The normalized spacial score (nSPS) is 20.4. The fourth-order valence-electron chi connectivity index (χ4n) is 3.98. The van der Waals surface area contributed by atoms with Crippen molar-refractivity contribution < 1.29 is 14.3 Å². The van der Waals surface area contributed by atoms with Crippen LogP contribution in [0.4, 0.5) is 0 Å². The molecule has 2 aliphatic rings. The molecule has 1 saturated heterocycles. The van der Waals surface area contributed by atoms with Gasteiger partial charge in [0.25, 0.3) is 0 Å². The lowest BCUT2D eigenvalue weighted by Gasteiger charge is -2.34. The van der Waals surface area contributed by atoms with Gasteiger partial charge in [0.05, 0.1) is 25.7 Å². The molecule has 1 aromatic heterocycles. The Bertz CT molecular complexity index is 687. The second kappa shape index (κ2) is 10.6. The third kappa shape index (κ3) is 5.32. The topological polar surface area (TPSA) is 56.6 Å². The zero-order chi connectivity index (χ0) is 19.8. The molecule has 1 atom stereocenters. The molecule has 0 bridgehead atoms. The third-order valence-electron chi connectivity index (χ3n) is 5.63. The summed E-state index contributed by atoms with van der Waals surface area (Å²) >= 11 is 0. The number of carbonyl (C=O) groups is 1. The van der Waals surface area contributed by atoms with E-state index in [2.05, 4.69) is 34.7 Å². The van der Waals surface area contributed by atoms with Gasteiger partial charge in [-0.05, 0) is 33.1 Å². The van der Waals surface area contributed by atoms with Gasteiger partial charge in [-0.3, -0.25) is 4.79 Å². The molecule has 0 saturated carbocycles. The van der Waals surface area contributed by atoms with Crippen molar-refractivity contribution in [2.45, 2.75) is 45.6 Å². The number of aromatic nitrogens is 2. The highest BCUT2D eigenvalue weighted by Crippen LogP contribution is 2.29. The van der Waals surface area contributed by atoms with Crippen LogP contribution in [-0.2, 0) is 20.8 Å². The van der Waals surface area contributed by atoms with Crippen molar-refractivity contribution in [1.29, 1.82) is 0 Å². The average Bonchev–Trinajstić information content (AvgIpc) is 3.19. The lowest BCUT2D eigenvalue weighted by atomic mass is 9.90. The molecule has 154 valence electrons. The summed E-state index contributed by atoms with van der Waals surface area (Å²) in [6.07, 6.45) is 13.1. The monoisotopic (exact) mass is 387 g/mol. The minimum absolute atomic E-state index is 0.0684. The number of carbonyl (C=O) groups excluding carboxylic acids is 1. The lowest BCUT2D eigenvalue weighted by Crippen LogP contribution is -2.41. The van der Waals surface area contributed by atoms with Gasteiger partial charge in [0, 0.05) is 44.6 Å². The molecule has 1 aliphatic heterocycles. The molecule has 1 fully saturated rings. The molecule has 0 spiro atoms. The molecule has 1 aliphatic carbocycles. The Balaban J connectivity index is 1.47. The maximum atomic E-state index is 12.9. The quantitative estimate of drug-likeness (QED) is 0.482. The van der Waals surface area contributed by atoms with Crippen LogP contribution in [-0.4, -0.2) is 59.9 Å². The van der Waals surface area contributed by atoms with E-state index in [1.54, 1.807) is 0 Å². The standard InChI is InChI=1S/C22H33N3O3/c1-3-27-16-17-28-15-14-24-13-10-23-21(24)19-8-11-25(12-9-19)22(26)20-7-5-4-6-18(20)2/h5-7,10,13,19-20H,3-4,8-9,11-12,14-17H2,1-2H3. The molecular weight excluding hydrogens is 354 g/mol. The molecule has 6 nitrogen and oxygen atoms in total. The average molecular weight is 388 g/mol. The van der Waals surface area contributed by atoms with Gasteiger partial charge in [0.15, 0.2) is 0 Å². The van der Waals surface area contributed by atoms with E-state index < -0.39 is 0 Å². The number of allylic oxidation sites excluding steroid dienone is 2. The summed E-state index contributed by atoms with van der Waals surface area (Å²) < 4.78 is 13.1. The number of hydrogen-bond donors (Lipinski definition) is 0. The smallest absolute Gasteiger partial charge is 0.233 e. The van der Waals surface area contributed by atoms with Gasteiger partial charge in [-0.2, -0.15) is 0 Å². The predicted molar refractivity (Wildman–Crippen MR) is 109 cm³/mol. The Morgan fingerprint density at radius 2 is 2.00 bits per heavy atom. The van der Waals surface area contributed by atoms with Crippen LogP contribution >= 0.6 is 0 Å². The third-order valence-corrected chi connectivity index (χ3v) is 5.63. The second-order valence-corrected chi connectivity index (χ2v) is 7.48. The van der Waals surface area contributed by atoms with Gasteiger partial charge in [-0.25, -0.2) is 4.98 Å². The highest BCUT2D eigenvalue weighted by molar-refractivity contribution is 5.83. The first kappa shape index (κ1) is 20.8. The van der Waals surface area contributed by atoms with Crippen molar-refractivity contribution in [3.8, 4) is 0 Å². The fraction of sp³-hybridized carbons (Fsp3) is 0.636. The summed E-state index contributed by atoms with van der Waals surface area (Å²) in [6, 6.07) is 0. The predicted octanol–water partition coefficient (Wildman–Crippen LogP) is 3.16. The van der Waals surface area contributed by atoms with Crippen molar-refractivity contribution in [2.24, 2.45) is 5.92 Å². The Labute approximate surface area is 168 Å². The number of amides is 1. The van der Waals surface area contributed by atoms with Crippen molar-refractivity contribution in [3.63, 3.8) is 0 Å². The summed E-state index contributed by atoms with van der Waals surface area (Å²) in [5.74, 6) is 1.70. The molecule has 1 unspecified atom stereocenters. The maximum absolute atomic E-state index is 12.9. The van der Waals surface area contributed by atoms with Gasteiger partial charge >= 0.3 is 0 Å². The number of piperidine rings is 1. The molecule has 28 heavy (non-hydrogen) atoms. The van der Waals surface area contributed by atoms with Gasteiger partial charge in [-0.1, -0.05) is 23.8 Å². The highest BCUT2D eigenvalue weighted by atomic mass is 16.5. The number of ether oxygens (including phenoxy) is 2. The molecule has 6 heteroatoms. The van der Waals surface area contributed by atoms with Crippen LogP contribution < -0.4 is 0 Å². The number of hydrogen-bond acceptors (Lipinski definition) is 4. The van der Waals surface area contributed by atoms with Crippen LogP contribution in [0.15, 0.2) is 36.2 Å². The first-order valence-corrected chi connectivity index (χ1v) is 10.5. The van der Waals surface area contributed by atoms with Crippen molar-refractivity contribution in [1.82, 2.24) is 14.5 Å². The Kier molecular flexibility index (Phi) is 7.86. The molecule has 0 aromatic carbocycles. The summed E-state index contributed by atoms with van der Waals surface area (Å²) in [4.78, 5) is 19.5. The highest BCUT2D eigenvalue weighted by Gasteiger charge is 2.30. The summed E-state index contributed by atoms with van der Waals surface area (Å²) in [5.41, 5.74) is 1.18. The molecule has 0 N–H and O–H groups in total. The molecule has 1 aromatic rings. The van der Waals surface area contributed by atoms with E-state index in [0.29, 0.717) is 25.7 Å². The van der Waals surface area contributed by atoms with Crippen LogP contribution in [0.2, 0.25) is 0 Å². The van der Waals surface area contributed by atoms with E-state index in [1.165, 1.54) is 5.57 Å². The molecular formula is C22H33N3O3. The first-order chi connectivity index (χ1) is 13.7.